The summed E-state index contributed by atoms with van der Waals surface area (Å²) >= 11 is 0. The fourth-order valence-electron chi connectivity index (χ4n) is 2.89. The van der Waals surface area contributed by atoms with E-state index in [1.807, 2.05) is 42.1 Å². The lowest BCUT2D eigenvalue weighted by Gasteiger charge is -2.13. The van der Waals surface area contributed by atoms with Crippen LogP contribution in [-0.4, -0.2) is 10.5 Å². The molecule has 0 saturated heterocycles. The highest BCUT2D eigenvalue weighted by molar-refractivity contribution is 5.86. The summed E-state index contributed by atoms with van der Waals surface area (Å²) in [4.78, 5) is 11.9. The molecule has 4 heteroatoms. The van der Waals surface area contributed by atoms with Crippen LogP contribution < -0.4 is 5.73 Å². The van der Waals surface area contributed by atoms with Gasteiger partial charge < -0.3 is 10.3 Å². The number of nitrogens with two attached hydrogens (primary N) is 1. The van der Waals surface area contributed by atoms with Gasteiger partial charge in [-0.05, 0) is 35.7 Å². The standard InChI is InChI=1S/C18H17FN2O/c1-21-11-13(15-4-2-3-5-17(15)21)10-16(18(20)22)12-6-8-14(19)9-7-12/h2-9,11,16H,10H2,1H3,(H2,20,22). The molecule has 3 nitrogen and oxygen atoms in total. The molecular formula is C18H17FN2O. The molecule has 0 aliphatic carbocycles. The van der Waals surface area contributed by atoms with Crippen LogP contribution in [0.15, 0.2) is 54.7 Å². The average Bonchev–Trinajstić information content (AvgIpc) is 2.83. The third-order valence-electron chi connectivity index (χ3n) is 4.02. The van der Waals surface area contributed by atoms with E-state index in [2.05, 4.69) is 0 Å². The first-order valence-electron chi connectivity index (χ1n) is 7.14. The van der Waals surface area contributed by atoms with Gasteiger partial charge in [-0.15, -0.1) is 0 Å². The van der Waals surface area contributed by atoms with Gasteiger partial charge in [0.25, 0.3) is 0 Å². The zero-order chi connectivity index (χ0) is 15.7. The number of benzene rings is 2. The normalized spacial score (nSPS) is 12.5. The van der Waals surface area contributed by atoms with Gasteiger partial charge in [0.15, 0.2) is 0 Å². The number of carbonyl (C=O) groups is 1. The lowest BCUT2D eigenvalue weighted by molar-refractivity contribution is -0.119. The van der Waals surface area contributed by atoms with E-state index in [0.717, 1.165) is 22.0 Å². The summed E-state index contributed by atoms with van der Waals surface area (Å²) in [5.41, 5.74) is 8.48. The first-order valence-corrected chi connectivity index (χ1v) is 7.14. The highest BCUT2D eigenvalue weighted by atomic mass is 19.1. The minimum Gasteiger partial charge on any atom is -0.369 e. The van der Waals surface area contributed by atoms with Crippen LogP contribution in [0.5, 0.6) is 0 Å². The first-order chi connectivity index (χ1) is 10.6. The number of primary amides is 1. The summed E-state index contributed by atoms with van der Waals surface area (Å²) in [6.45, 7) is 0. The number of fused-ring (bicyclic) bond motifs is 1. The highest BCUT2D eigenvalue weighted by Gasteiger charge is 2.20. The number of amides is 1. The molecule has 0 spiro atoms. The summed E-state index contributed by atoms with van der Waals surface area (Å²) in [5.74, 6) is -1.19. The van der Waals surface area contributed by atoms with Crippen molar-refractivity contribution < 1.29 is 9.18 Å². The number of halogens is 1. The summed E-state index contributed by atoms with van der Waals surface area (Å²) in [7, 11) is 1.98. The van der Waals surface area contributed by atoms with E-state index in [1.165, 1.54) is 12.1 Å². The third kappa shape index (κ3) is 2.60. The van der Waals surface area contributed by atoms with Crippen LogP contribution in [0.1, 0.15) is 17.0 Å². The number of carbonyl (C=O) groups excluding carboxylic acids is 1. The van der Waals surface area contributed by atoms with Crippen LogP contribution in [0.25, 0.3) is 10.9 Å². The van der Waals surface area contributed by atoms with Crippen LogP contribution in [0.2, 0.25) is 0 Å². The van der Waals surface area contributed by atoms with Crippen LogP contribution >= 0.6 is 0 Å². The van der Waals surface area contributed by atoms with Gasteiger partial charge in [-0.2, -0.15) is 0 Å². The van der Waals surface area contributed by atoms with E-state index >= 15 is 0 Å². The van der Waals surface area contributed by atoms with Gasteiger partial charge in [-0.1, -0.05) is 30.3 Å². The second-order valence-electron chi connectivity index (χ2n) is 5.49. The molecule has 1 amide bonds. The fourth-order valence-corrected chi connectivity index (χ4v) is 2.89. The second-order valence-corrected chi connectivity index (χ2v) is 5.49. The zero-order valence-electron chi connectivity index (χ0n) is 12.3. The van der Waals surface area contributed by atoms with Crippen molar-refractivity contribution in [2.45, 2.75) is 12.3 Å². The predicted octanol–water partition coefficient (Wildman–Crippen LogP) is 3.13. The van der Waals surface area contributed by atoms with Crippen LogP contribution in [0, 0.1) is 5.82 Å². The molecule has 3 aromatic rings. The molecule has 1 atom stereocenters. The topological polar surface area (TPSA) is 48.0 Å². The summed E-state index contributed by atoms with van der Waals surface area (Å²) in [6.07, 6.45) is 2.52. The van der Waals surface area contributed by atoms with Crippen molar-refractivity contribution in [2.75, 3.05) is 0 Å². The minimum absolute atomic E-state index is 0.322. The van der Waals surface area contributed by atoms with E-state index in [4.69, 9.17) is 5.73 Å². The number of nitrogens with zero attached hydrogens (tertiary/aromatic N) is 1. The van der Waals surface area contributed by atoms with Crippen molar-refractivity contribution in [3.8, 4) is 0 Å². The highest BCUT2D eigenvalue weighted by Crippen LogP contribution is 2.27. The van der Waals surface area contributed by atoms with E-state index in [-0.39, 0.29) is 5.82 Å². The molecule has 0 bridgehead atoms. The second kappa shape index (κ2) is 5.64. The Morgan fingerprint density at radius 3 is 2.55 bits per heavy atom. The number of para-hydroxylation sites is 1. The maximum Gasteiger partial charge on any atom is 0.225 e. The van der Waals surface area contributed by atoms with Crippen molar-refractivity contribution in [3.05, 3.63) is 71.7 Å². The number of hydrogen-bond acceptors (Lipinski definition) is 1. The van der Waals surface area contributed by atoms with E-state index in [1.54, 1.807) is 12.1 Å². The monoisotopic (exact) mass is 296 g/mol. The van der Waals surface area contributed by atoms with Crippen molar-refractivity contribution in [2.24, 2.45) is 12.8 Å². The maximum atomic E-state index is 13.1. The van der Waals surface area contributed by atoms with Gasteiger partial charge in [0, 0.05) is 24.1 Å². The Morgan fingerprint density at radius 2 is 1.86 bits per heavy atom. The van der Waals surface area contributed by atoms with Crippen LogP contribution in [-0.2, 0) is 18.3 Å². The van der Waals surface area contributed by atoms with Gasteiger partial charge in [0.05, 0.1) is 5.92 Å². The smallest absolute Gasteiger partial charge is 0.225 e. The molecule has 0 saturated carbocycles. The predicted molar refractivity (Wildman–Crippen MR) is 85.0 cm³/mol. The molecule has 0 aliphatic rings. The summed E-state index contributed by atoms with van der Waals surface area (Å²) < 4.78 is 15.1. The van der Waals surface area contributed by atoms with Gasteiger partial charge in [-0.3, -0.25) is 4.79 Å². The molecule has 22 heavy (non-hydrogen) atoms. The molecule has 1 aromatic heterocycles. The quantitative estimate of drug-likeness (QED) is 0.790. The van der Waals surface area contributed by atoms with E-state index in [9.17, 15) is 9.18 Å². The molecule has 1 unspecified atom stereocenters. The lowest BCUT2D eigenvalue weighted by Crippen LogP contribution is -2.23. The Labute approximate surface area is 128 Å². The molecular weight excluding hydrogens is 279 g/mol. The molecule has 2 aromatic carbocycles. The molecule has 0 aliphatic heterocycles. The number of aromatic nitrogens is 1. The molecule has 3 rings (SSSR count). The zero-order valence-corrected chi connectivity index (χ0v) is 12.3. The average molecular weight is 296 g/mol. The minimum atomic E-state index is -0.466. The van der Waals surface area contributed by atoms with Crippen molar-refractivity contribution in [3.63, 3.8) is 0 Å². The van der Waals surface area contributed by atoms with E-state index in [0.29, 0.717) is 6.42 Å². The van der Waals surface area contributed by atoms with Crippen LogP contribution in [0.4, 0.5) is 4.39 Å². The summed E-state index contributed by atoms with van der Waals surface area (Å²) in [5, 5.41) is 1.11. The molecule has 112 valence electrons. The van der Waals surface area contributed by atoms with Crippen molar-refractivity contribution >= 4 is 16.8 Å². The Kier molecular flexibility index (Phi) is 3.67. The molecule has 2 N–H and O–H groups in total. The molecule has 1 heterocycles. The van der Waals surface area contributed by atoms with Crippen molar-refractivity contribution in [1.82, 2.24) is 4.57 Å². The SMILES string of the molecule is Cn1cc(CC(C(N)=O)c2ccc(F)cc2)c2ccccc21. The van der Waals surface area contributed by atoms with Gasteiger partial charge in [-0.25, -0.2) is 4.39 Å². The Balaban J connectivity index is 2.00. The first kappa shape index (κ1) is 14.3. The van der Waals surface area contributed by atoms with Crippen molar-refractivity contribution in [1.29, 1.82) is 0 Å². The Morgan fingerprint density at radius 1 is 1.18 bits per heavy atom. The number of rotatable bonds is 4. The fraction of sp³-hybridized carbons (Fsp3) is 0.167. The Hall–Kier alpha value is -2.62. The lowest BCUT2D eigenvalue weighted by atomic mass is 9.91. The van der Waals surface area contributed by atoms with Gasteiger partial charge >= 0.3 is 0 Å². The maximum absolute atomic E-state index is 13.1. The molecule has 0 fully saturated rings. The molecule has 0 radical (unpaired) electrons. The van der Waals surface area contributed by atoms with Gasteiger partial charge in [0.1, 0.15) is 5.82 Å². The number of hydrogen-bond donors (Lipinski definition) is 1. The third-order valence-corrected chi connectivity index (χ3v) is 4.02. The largest absolute Gasteiger partial charge is 0.369 e. The Bertz CT molecular complexity index is 821. The van der Waals surface area contributed by atoms with E-state index < -0.39 is 11.8 Å². The summed E-state index contributed by atoms with van der Waals surface area (Å²) in [6, 6.07) is 14.0. The van der Waals surface area contributed by atoms with Crippen LogP contribution in [0.3, 0.4) is 0 Å². The van der Waals surface area contributed by atoms with Gasteiger partial charge in [0.2, 0.25) is 5.91 Å². The number of aryl methyl sites for hydroxylation is 1.